The fourth-order valence-corrected chi connectivity index (χ4v) is 3.66. The zero-order chi connectivity index (χ0) is 17.5. The second-order valence-corrected chi connectivity index (χ2v) is 8.83. The van der Waals surface area contributed by atoms with Gasteiger partial charge in [-0.2, -0.15) is 9.78 Å². The first-order valence-corrected chi connectivity index (χ1v) is 9.63. The maximum Gasteiger partial charge on any atom is 0.252 e. The lowest BCUT2D eigenvalue weighted by Gasteiger charge is -2.28. The van der Waals surface area contributed by atoms with Gasteiger partial charge in [0.25, 0.3) is 5.95 Å². The Morgan fingerprint density at radius 3 is 2.46 bits per heavy atom. The van der Waals surface area contributed by atoms with E-state index in [0.29, 0.717) is 5.56 Å². The van der Waals surface area contributed by atoms with Gasteiger partial charge >= 0.3 is 0 Å². The summed E-state index contributed by atoms with van der Waals surface area (Å²) >= 11 is 0. The molecule has 0 radical (unpaired) electrons. The van der Waals surface area contributed by atoms with Crippen LogP contribution in [0.1, 0.15) is 38.7 Å². The lowest BCUT2D eigenvalue weighted by Crippen LogP contribution is -2.15. The van der Waals surface area contributed by atoms with Gasteiger partial charge in [-0.25, -0.2) is 18.4 Å². The number of nitrogens with two attached hydrogens (primary N) is 1. The Morgan fingerprint density at radius 1 is 1.25 bits per heavy atom. The number of anilines is 1. The molecule has 1 aliphatic carbocycles. The van der Waals surface area contributed by atoms with Crippen molar-refractivity contribution in [3.63, 3.8) is 0 Å². The van der Waals surface area contributed by atoms with Crippen molar-refractivity contribution >= 4 is 21.2 Å². The number of sulfone groups is 1. The van der Waals surface area contributed by atoms with Crippen LogP contribution >= 0.6 is 0 Å². The fraction of sp³-hybridized carbons (Fsp3) is 0.438. The molecule has 0 aliphatic heterocycles. The van der Waals surface area contributed by atoms with Gasteiger partial charge in [-0.3, -0.25) is 0 Å². The molecular weight excluding hydrogens is 326 g/mol. The quantitative estimate of drug-likeness (QED) is 0.913. The topological polar surface area (TPSA) is 104 Å². The van der Waals surface area contributed by atoms with E-state index in [1.54, 1.807) is 18.5 Å². The molecule has 2 heterocycles. The third kappa shape index (κ3) is 3.06. The van der Waals surface area contributed by atoms with Gasteiger partial charge in [0.05, 0.1) is 5.56 Å². The summed E-state index contributed by atoms with van der Waals surface area (Å²) in [5.41, 5.74) is 7.87. The molecule has 2 aromatic rings. The van der Waals surface area contributed by atoms with Crippen LogP contribution in [0.5, 0.6) is 0 Å². The highest BCUT2D eigenvalue weighted by molar-refractivity contribution is 7.90. The van der Waals surface area contributed by atoms with Gasteiger partial charge < -0.3 is 5.73 Å². The number of aromatic nitrogens is 4. The smallest absolute Gasteiger partial charge is 0.252 e. The number of hydrogen-bond donors (Lipinski definition) is 1. The summed E-state index contributed by atoms with van der Waals surface area (Å²) in [6.07, 6.45) is 8.94. The first-order valence-electron chi connectivity index (χ1n) is 7.74. The second-order valence-electron chi connectivity index (χ2n) is 6.90. The van der Waals surface area contributed by atoms with E-state index in [4.69, 9.17) is 5.73 Å². The molecule has 24 heavy (non-hydrogen) atoms. The maximum absolute atomic E-state index is 12.2. The number of nitrogen functional groups attached to an aromatic ring is 1. The molecule has 8 heteroatoms. The zero-order valence-corrected chi connectivity index (χ0v) is 14.8. The third-order valence-corrected chi connectivity index (χ3v) is 5.26. The largest absolute Gasteiger partial charge is 0.383 e. The van der Waals surface area contributed by atoms with Gasteiger partial charge in [-0.05, 0) is 36.3 Å². The van der Waals surface area contributed by atoms with E-state index >= 15 is 0 Å². The van der Waals surface area contributed by atoms with Gasteiger partial charge in [-0.15, -0.1) is 0 Å². The summed E-state index contributed by atoms with van der Waals surface area (Å²) in [6.45, 7) is 4.39. The molecule has 0 fully saturated rings. The van der Waals surface area contributed by atoms with Crippen molar-refractivity contribution in [2.45, 2.75) is 38.1 Å². The maximum atomic E-state index is 12.2. The minimum absolute atomic E-state index is 0.0154. The van der Waals surface area contributed by atoms with Crippen LogP contribution in [-0.4, -0.2) is 34.4 Å². The molecule has 128 valence electrons. The van der Waals surface area contributed by atoms with Gasteiger partial charge in [0.15, 0.2) is 14.9 Å². The van der Waals surface area contributed by atoms with Crippen LogP contribution in [0, 0.1) is 5.41 Å². The van der Waals surface area contributed by atoms with E-state index in [2.05, 4.69) is 35.0 Å². The standard InChI is InChI=1S/C16H21N5O2S/c1-16(2)7-5-11(6-8-16)12-13(17)21(15-18-9-4-10-19-15)20-14(12)24(3,22)23/h4-5,9-10H,6-8,17H2,1-3H3. The molecule has 0 aromatic carbocycles. The van der Waals surface area contributed by atoms with Crippen LogP contribution in [0.3, 0.4) is 0 Å². The predicted octanol–water partition coefficient (Wildman–Crippen LogP) is 2.24. The van der Waals surface area contributed by atoms with Crippen LogP contribution in [0.15, 0.2) is 29.6 Å². The average molecular weight is 347 g/mol. The van der Waals surface area contributed by atoms with Crippen LogP contribution in [0.4, 0.5) is 5.82 Å². The monoisotopic (exact) mass is 347 g/mol. The first kappa shape index (κ1) is 16.6. The summed E-state index contributed by atoms with van der Waals surface area (Å²) in [5, 5.41) is 4.19. The normalized spacial score (nSPS) is 17.5. The van der Waals surface area contributed by atoms with Crippen molar-refractivity contribution in [1.82, 2.24) is 19.7 Å². The predicted molar refractivity (Wildman–Crippen MR) is 92.3 cm³/mol. The highest BCUT2D eigenvalue weighted by Crippen LogP contribution is 2.41. The Morgan fingerprint density at radius 2 is 1.92 bits per heavy atom. The van der Waals surface area contributed by atoms with Crippen molar-refractivity contribution in [1.29, 1.82) is 0 Å². The summed E-state index contributed by atoms with van der Waals surface area (Å²) in [5.74, 6) is 0.510. The number of allylic oxidation sites excluding steroid dienone is 2. The summed E-state index contributed by atoms with van der Waals surface area (Å²) < 4.78 is 25.7. The molecule has 0 saturated carbocycles. The first-order chi connectivity index (χ1) is 11.2. The minimum atomic E-state index is -3.53. The van der Waals surface area contributed by atoms with Gasteiger partial charge in [0.1, 0.15) is 5.82 Å². The van der Waals surface area contributed by atoms with Gasteiger partial charge in [-0.1, -0.05) is 19.9 Å². The van der Waals surface area contributed by atoms with Crippen molar-refractivity contribution in [2.24, 2.45) is 5.41 Å². The van der Waals surface area contributed by atoms with Crippen molar-refractivity contribution in [3.05, 3.63) is 30.1 Å². The Labute approximate surface area is 141 Å². The minimum Gasteiger partial charge on any atom is -0.383 e. The van der Waals surface area contributed by atoms with Crippen molar-refractivity contribution in [3.8, 4) is 5.95 Å². The molecule has 0 saturated heterocycles. The second kappa shape index (κ2) is 5.70. The molecule has 1 aliphatic rings. The van der Waals surface area contributed by atoms with E-state index in [9.17, 15) is 8.42 Å². The molecule has 0 spiro atoms. The van der Waals surface area contributed by atoms with Crippen molar-refractivity contribution < 1.29 is 8.42 Å². The Kier molecular flexibility index (Phi) is 3.95. The van der Waals surface area contributed by atoms with Crippen LogP contribution in [0.25, 0.3) is 11.5 Å². The molecule has 3 rings (SSSR count). The van der Waals surface area contributed by atoms with Gasteiger partial charge in [0.2, 0.25) is 0 Å². The van der Waals surface area contributed by atoms with E-state index in [0.717, 1.165) is 31.1 Å². The fourth-order valence-electron chi connectivity index (χ4n) is 2.83. The molecule has 0 unspecified atom stereocenters. The molecule has 2 aromatic heterocycles. The number of nitrogens with zero attached hydrogens (tertiary/aromatic N) is 4. The zero-order valence-electron chi connectivity index (χ0n) is 14.0. The van der Waals surface area contributed by atoms with E-state index in [1.165, 1.54) is 4.68 Å². The van der Waals surface area contributed by atoms with Crippen LogP contribution < -0.4 is 5.73 Å². The molecule has 0 amide bonds. The molecule has 7 nitrogen and oxygen atoms in total. The van der Waals surface area contributed by atoms with E-state index in [1.807, 2.05) is 0 Å². The lowest BCUT2D eigenvalue weighted by atomic mass is 9.77. The van der Waals surface area contributed by atoms with Gasteiger partial charge in [0, 0.05) is 18.6 Å². The number of hydrogen-bond acceptors (Lipinski definition) is 6. The molecular formula is C16H21N5O2S. The lowest BCUT2D eigenvalue weighted by molar-refractivity contribution is 0.335. The highest BCUT2D eigenvalue weighted by atomic mass is 32.2. The molecule has 2 N–H and O–H groups in total. The van der Waals surface area contributed by atoms with Crippen LogP contribution in [0.2, 0.25) is 0 Å². The third-order valence-electron chi connectivity index (χ3n) is 4.28. The molecule has 0 bridgehead atoms. The molecule has 0 atom stereocenters. The summed E-state index contributed by atoms with van der Waals surface area (Å²) in [4.78, 5) is 8.22. The Bertz CT molecular complexity index is 898. The number of rotatable bonds is 3. The van der Waals surface area contributed by atoms with Crippen molar-refractivity contribution in [2.75, 3.05) is 12.0 Å². The SMILES string of the molecule is CC1(C)CC=C(c2c(S(C)(=O)=O)nn(-c3ncccn3)c2N)CC1. The highest BCUT2D eigenvalue weighted by Gasteiger charge is 2.30. The van der Waals surface area contributed by atoms with Crippen LogP contribution in [-0.2, 0) is 9.84 Å². The van der Waals surface area contributed by atoms with E-state index in [-0.39, 0.29) is 22.2 Å². The Balaban J connectivity index is 2.19. The van der Waals surface area contributed by atoms with E-state index < -0.39 is 9.84 Å². The summed E-state index contributed by atoms with van der Waals surface area (Å²) in [6, 6.07) is 1.67. The Hall–Kier alpha value is -2.22. The average Bonchev–Trinajstić information content (AvgIpc) is 2.86. The summed E-state index contributed by atoms with van der Waals surface area (Å²) in [7, 11) is -3.53.